The molecule has 0 N–H and O–H groups in total. The number of benzene rings is 2. The van der Waals surface area contributed by atoms with Crippen LogP contribution in [0.3, 0.4) is 0 Å². The SMILES string of the molecule is C=CC(=O)N1CCN(c2nc(OC[C@@H]3CCCN3C)nc3c2CCN(c2cc(OC(=O)C(C)(C)C)cc4ccccc24)C3)CC1CC#N. The molecule has 11 nitrogen and oxygen atoms in total. The van der Waals surface area contributed by atoms with Gasteiger partial charge in [0.15, 0.2) is 0 Å². The first-order valence-corrected chi connectivity index (χ1v) is 16.8. The molecule has 1 amide bonds. The predicted molar refractivity (Wildman–Crippen MR) is 185 cm³/mol. The van der Waals surface area contributed by atoms with E-state index in [0.29, 0.717) is 63.6 Å². The summed E-state index contributed by atoms with van der Waals surface area (Å²) in [4.78, 5) is 43.9. The van der Waals surface area contributed by atoms with Crippen molar-refractivity contribution >= 4 is 34.2 Å². The Morgan fingerprint density at radius 2 is 1.90 bits per heavy atom. The Labute approximate surface area is 282 Å². The number of hydrogen-bond donors (Lipinski definition) is 0. The molecule has 0 bridgehead atoms. The summed E-state index contributed by atoms with van der Waals surface area (Å²) in [6.45, 7) is 13.5. The normalized spacial score (nSPS) is 19.9. The number of likely N-dealkylation sites (tertiary alicyclic amines) is 1. The van der Waals surface area contributed by atoms with Gasteiger partial charge in [0.05, 0.1) is 36.2 Å². The number of anilines is 2. The van der Waals surface area contributed by atoms with Crippen LogP contribution in [0.15, 0.2) is 49.1 Å². The van der Waals surface area contributed by atoms with Gasteiger partial charge in [0, 0.05) is 54.9 Å². The molecule has 252 valence electrons. The number of rotatable bonds is 8. The number of likely N-dealkylation sites (N-methyl/N-ethyl adjacent to an activating group) is 1. The Kier molecular flexibility index (Phi) is 9.56. The third kappa shape index (κ3) is 6.95. The molecule has 2 atom stereocenters. The summed E-state index contributed by atoms with van der Waals surface area (Å²) >= 11 is 0. The molecule has 3 aliphatic heterocycles. The number of nitriles is 1. The molecule has 0 aliphatic carbocycles. The molecule has 2 fully saturated rings. The van der Waals surface area contributed by atoms with Crippen molar-refractivity contribution in [2.24, 2.45) is 5.41 Å². The summed E-state index contributed by atoms with van der Waals surface area (Å²) in [5.74, 6) is 0.866. The van der Waals surface area contributed by atoms with E-state index in [-0.39, 0.29) is 24.3 Å². The van der Waals surface area contributed by atoms with Crippen LogP contribution in [0.4, 0.5) is 11.5 Å². The summed E-state index contributed by atoms with van der Waals surface area (Å²) in [6, 6.07) is 14.6. The van der Waals surface area contributed by atoms with E-state index in [4.69, 9.17) is 19.4 Å². The molecular weight excluding hydrogens is 606 g/mol. The number of hydrogen-bond acceptors (Lipinski definition) is 10. The van der Waals surface area contributed by atoms with E-state index in [1.807, 2.05) is 51.1 Å². The maximum absolute atomic E-state index is 12.8. The van der Waals surface area contributed by atoms with Crippen molar-refractivity contribution in [3.63, 3.8) is 0 Å². The van der Waals surface area contributed by atoms with E-state index in [1.165, 1.54) is 6.08 Å². The zero-order chi connectivity index (χ0) is 34.0. The van der Waals surface area contributed by atoms with Gasteiger partial charge < -0.3 is 29.1 Å². The monoisotopic (exact) mass is 651 g/mol. The van der Waals surface area contributed by atoms with Gasteiger partial charge in [0.2, 0.25) is 5.91 Å². The van der Waals surface area contributed by atoms with Crippen LogP contribution in [0.5, 0.6) is 11.8 Å². The summed E-state index contributed by atoms with van der Waals surface area (Å²) in [6.07, 6.45) is 4.43. The van der Waals surface area contributed by atoms with Crippen molar-refractivity contribution in [2.45, 2.75) is 65.1 Å². The number of ether oxygens (including phenoxy) is 2. The van der Waals surface area contributed by atoms with Gasteiger partial charge in [-0.3, -0.25) is 9.59 Å². The lowest BCUT2D eigenvalue weighted by molar-refractivity contribution is -0.143. The van der Waals surface area contributed by atoms with Crippen molar-refractivity contribution in [3.05, 3.63) is 60.3 Å². The van der Waals surface area contributed by atoms with Crippen LogP contribution in [0, 0.1) is 16.7 Å². The van der Waals surface area contributed by atoms with E-state index in [2.05, 4.69) is 40.5 Å². The van der Waals surface area contributed by atoms with Crippen molar-refractivity contribution in [1.29, 1.82) is 5.26 Å². The zero-order valence-electron chi connectivity index (χ0n) is 28.4. The lowest BCUT2D eigenvalue weighted by Gasteiger charge is -2.42. The number of amides is 1. The smallest absolute Gasteiger partial charge is 0.318 e. The van der Waals surface area contributed by atoms with Crippen molar-refractivity contribution < 1.29 is 19.1 Å². The molecule has 2 aromatic carbocycles. The molecule has 4 heterocycles. The molecule has 0 spiro atoms. The van der Waals surface area contributed by atoms with E-state index in [9.17, 15) is 14.9 Å². The van der Waals surface area contributed by atoms with E-state index >= 15 is 0 Å². The van der Waals surface area contributed by atoms with Gasteiger partial charge in [-0.25, -0.2) is 0 Å². The first-order chi connectivity index (χ1) is 23.0. The summed E-state index contributed by atoms with van der Waals surface area (Å²) in [7, 11) is 2.12. The maximum atomic E-state index is 12.8. The molecule has 3 aromatic rings. The van der Waals surface area contributed by atoms with Crippen LogP contribution in [0.2, 0.25) is 0 Å². The van der Waals surface area contributed by atoms with Gasteiger partial charge in [-0.05, 0) is 71.2 Å². The predicted octanol–water partition coefficient (Wildman–Crippen LogP) is 4.73. The topological polar surface area (TPSA) is 115 Å². The van der Waals surface area contributed by atoms with Gasteiger partial charge in [-0.2, -0.15) is 15.2 Å². The Hall–Kier alpha value is -4.69. The van der Waals surface area contributed by atoms with E-state index < -0.39 is 5.41 Å². The van der Waals surface area contributed by atoms with Crippen LogP contribution in [0.1, 0.15) is 51.3 Å². The minimum Gasteiger partial charge on any atom is -0.462 e. The fourth-order valence-electron chi connectivity index (χ4n) is 6.86. The van der Waals surface area contributed by atoms with E-state index in [0.717, 1.165) is 52.9 Å². The Balaban J connectivity index is 1.35. The largest absolute Gasteiger partial charge is 0.462 e. The average molecular weight is 652 g/mol. The Morgan fingerprint density at radius 3 is 2.62 bits per heavy atom. The quantitative estimate of drug-likeness (QED) is 0.192. The summed E-state index contributed by atoms with van der Waals surface area (Å²) in [5, 5.41) is 11.6. The third-order valence-electron chi connectivity index (χ3n) is 9.64. The van der Waals surface area contributed by atoms with Crippen LogP contribution in [0.25, 0.3) is 10.8 Å². The lowest BCUT2D eigenvalue weighted by atomic mass is 9.97. The maximum Gasteiger partial charge on any atom is 0.318 e. The molecule has 6 rings (SSSR count). The fraction of sp³-hybridized carbons (Fsp3) is 0.486. The highest BCUT2D eigenvalue weighted by atomic mass is 16.5. The van der Waals surface area contributed by atoms with Crippen LogP contribution in [-0.2, 0) is 22.6 Å². The second-order valence-electron chi connectivity index (χ2n) is 14.0. The molecule has 48 heavy (non-hydrogen) atoms. The second-order valence-corrected chi connectivity index (χ2v) is 14.0. The first-order valence-electron chi connectivity index (χ1n) is 16.8. The van der Waals surface area contributed by atoms with Crippen LogP contribution < -0.4 is 19.3 Å². The minimum absolute atomic E-state index is 0.164. The lowest BCUT2D eigenvalue weighted by Crippen LogP contribution is -2.55. The molecule has 3 aliphatic rings. The third-order valence-corrected chi connectivity index (χ3v) is 9.64. The molecule has 0 saturated carbocycles. The molecule has 0 radical (unpaired) electrons. The number of carbonyl (C=O) groups is 2. The van der Waals surface area contributed by atoms with Gasteiger partial charge in [0.1, 0.15) is 18.2 Å². The van der Waals surface area contributed by atoms with Gasteiger partial charge in [0.25, 0.3) is 0 Å². The summed E-state index contributed by atoms with van der Waals surface area (Å²) in [5.41, 5.74) is 2.26. The molecular formula is C37H45N7O4. The van der Waals surface area contributed by atoms with Crippen molar-refractivity contribution in [2.75, 3.05) is 56.2 Å². The highest BCUT2D eigenvalue weighted by Gasteiger charge is 2.34. The fourth-order valence-corrected chi connectivity index (χ4v) is 6.86. The number of esters is 1. The molecule has 1 unspecified atom stereocenters. The minimum atomic E-state index is -0.635. The van der Waals surface area contributed by atoms with Crippen molar-refractivity contribution in [1.82, 2.24) is 19.8 Å². The van der Waals surface area contributed by atoms with Gasteiger partial charge >= 0.3 is 12.0 Å². The van der Waals surface area contributed by atoms with E-state index in [1.54, 1.807) is 4.90 Å². The van der Waals surface area contributed by atoms with Crippen molar-refractivity contribution in [3.8, 4) is 17.8 Å². The molecule has 1 aromatic heterocycles. The molecule has 2 saturated heterocycles. The summed E-state index contributed by atoms with van der Waals surface area (Å²) < 4.78 is 12.2. The van der Waals surface area contributed by atoms with Crippen LogP contribution in [-0.4, -0.2) is 90.1 Å². The number of aromatic nitrogens is 2. The number of nitrogens with zero attached hydrogens (tertiary/aromatic N) is 7. The first kappa shape index (κ1) is 33.2. The Bertz CT molecular complexity index is 1750. The Morgan fingerprint density at radius 1 is 1.08 bits per heavy atom. The van der Waals surface area contributed by atoms with Gasteiger partial charge in [-0.1, -0.05) is 30.8 Å². The highest BCUT2D eigenvalue weighted by Crippen LogP contribution is 2.37. The average Bonchev–Trinajstić information content (AvgIpc) is 3.49. The standard InChI is InChI=1S/C37H45N7O4/c1-6-33(45)44-19-18-43(22-26(44)13-15-38)34-30-14-17-42(23-31(30)39-36(40-34)47-24-27-11-9-16-41(27)5)32-21-28(48-35(46)37(2,3)4)20-25-10-7-8-12-29(25)32/h6-8,10,12,20-21,26-27H,1,9,11,13-14,16-19,22-24H2,2-5H3/t26?,27-/m0/s1. The van der Waals surface area contributed by atoms with Gasteiger partial charge in [-0.15, -0.1) is 0 Å². The second kappa shape index (κ2) is 13.8. The zero-order valence-corrected chi connectivity index (χ0v) is 28.4. The number of piperazine rings is 1. The number of carbonyl (C=O) groups excluding carboxylic acids is 2. The highest BCUT2D eigenvalue weighted by molar-refractivity contribution is 5.96. The molecule has 11 heteroatoms. The number of fused-ring (bicyclic) bond motifs is 2. The van der Waals surface area contributed by atoms with Crippen LogP contribution >= 0.6 is 0 Å².